The zero-order chi connectivity index (χ0) is 15.7. The number of rotatable bonds is 4. The van der Waals surface area contributed by atoms with Gasteiger partial charge in [-0.2, -0.15) is 0 Å². The molecule has 0 aromatic carbocycles. The highest BCUT2D eigenvalue weighted by Crippen LogP contribution is 2.30. The molecule has 6 nitrogen and oxygen atoms in total. The number of nitrogens with two attached hydrogens (primary N) is 1. The smallest absolute Gasteiger partial charge is 0.267 e. The summed E-state index contributed by atoms with van der Waals surface area (Å²) in [6, 6.07) is 0.404. The minimum atomic E-state index is 0.0111. The van der Waals surface area contributed by atoms with Crippen molar-refractivity contribution in [3.63, 3.8) is 0 Å². The molecule has 1 saturated heterocycles. The third kappa shape index (κ3) is 3.13. The number of carbonyl (C=O) groups excluding carboxylic acids is 1. The third-order valence-electron chi connectivity index (χ3n) is 4.16. The lowest BCUT2D eigenvalue weighted by atomic mass is 10.1. The highest BCUT2D eigenvalue weighted by Gasteiger charge is 2.35. The van der Waals surface area contributed by atoms with Gasteiger partial charge in [0.05, 0.1) is 0 Å². The first-order chi connectivity index (χ1) is 9.85. The Kier molecular flexibility index (Phi) is 4.73. The monoisotopic (exact) mass is 311 g/mol. The maximum atomic E-state index is 12.7. The number of thiazole rings is 1. The first kappa shape index (κ1) is 16.0. The number of likely N-dealkylation sites (N-methyl/N-ethyl adjacent to an activating group) is 1. The first-order valence-corrected chi connectivity index (χ1v) is 8.09. The number of nitrogens with zero attached hydrogens (tertiary/aromatic N) is 4. The number of carbonyl (C=O) groups is 1. The normalized spacial score (nSPS) is 22.1. The van der Waals surface area contributed by atoms with E-state index in [4.69, 9.17) is 5.73 Å². The maximum Gasteiger partial charge on any atom is 0.267 e. The molecule has 118 valence electrons. The number of amides is 1. The number of hydrogen-bond acceptors (Lipinski definition) is 6. The van der Waals surface area contributed by atoms with Crippen molar-refractivity contribution < 1.29 is 4.79 Å². The zero-order valence-electron chi connectivity index (χ0n) is 13.5. The fraction of sp³-hybridized carbons (Fsp3) is 0.714. The van der Waals surface area contributed by atoms with Crippen LogP contribution in [0.4, 0.5) is 10.9 Å². The number of hydrogen-bond donors (Lipinski definition) is 1. The van der Waals surface area contributed by atoms with Crippen LogP contribution in [0.2, 0.25) is 0 Å². The summed E-state index contributed by atoms with van der Waals surface area (Å²) in [7, 11) is 6.07. The second kappa shape index (κ2) is 6.19. The van der Waals surface area contributed by atoms with Crippen molar-refractivity contribution in [2.75, 3.05) is 51.4 Å². The molecule has 1 aromatic heterocycles. The molecule has 1 amide bonds. The summed E-state index contributed by atoms with van der Waals surface area (Å²) in [5.74, 6) is 0.828. The van der Waals surface area contributed by atoms with E-state index in [1.54, 1.807) is 0 Å². The van der Waals surface area contributed by atoms with Gasteiger partial charge in [0.15, 0.2) is 5.13 Å². The van der Waals surface area contributed by atoms with E-state index in [1.165, 1.54) is 11.3 Å². The van der Waals surface area contributed by atoms with Crippen molar-refractivity contribution in [2.45, 2.75) is 19.9 Å². The lowest BCUT2D eigenvalue weighted by molar-refractivity contribution is 0.0787. The number of anilines is 2. The quantitative estimate of drug-likeness (QED) is 0.905. The molecule has 0 spiro atoms. The maximum absolute atomic E-state index is 12.7. The standard InChI is InChI=1S/C14H25N5OS/c1-6-18(5)14-16-12(15)11(21-14)13(20)19-7-9(2)10(8-19)17(3)4/h9-10H,6-8,15H2,1-5H3. The number of nitrogen functional groups attached to an aromatic ring is 1. The molecule has 0 bridgehead atoms. The first-order valence-electron chi connectivity index (χ1n) is 7.28. The molecule has 2 unspecified atom stereocenters. The minimum Gasteiger partial charge on any atom is -0.382 e. The predicted molar refractivity (Wildman–Crippen MR) is 88.0 cm³/mol. The summed E-state index contributed by atoms with van der Waals surface area (Å²) in [5.41, 5.74) is 5.95. The van der Waals surface area contributed by atoms with Crippen molar-refractivity contribution in [1.29, 1.82) is 0 Å². The highest BCUT2D eigenvalue weighted by molar-refractivity contribution is 7.18. The Morgan fingerprint density at radius 1 is 1.43 bits per heavy atom. The summed E-state index contributed by atoms with van der Waals surface area (Å²) in [6.07, 6.45) is 0. The molecule has 0 radical (unpaired) electrons. The Labute approximate surface area is 130 Å². The van der Waals surface area contributed by atoms with Crippen LogP contribution in [0.5, 0.6) is 0 Å². The second-order valence-corrected chi connectivity index (χ2v) is 6.92. The number of aromatic nitrogens is 1. The van der Waals surface area contributed by atoms with Gasteiger partial charge in [-0.05, 0) is 26.9 Å². The fourth-order valence-electron chi connectivity index (χ4n) is 2.70. The Bertz CT molecular complexity index is 515. The Morgan fingerprint density at radius 3 is 2.62 bits per heavy atom. The van der Waals surface area contributed by atoms with E-state index in [-0.39, 0.29) is 5.91 Å². The van der Waals surface area contributed by atoms with Crippen LogP contribution in [0.25, 0.3) is 0 Å². The minimum absolute atomic E-state index is 0.0111. The molecular weight excluding hydrogens is 286 g/mol. The number of likely N-dealkylation sites (tertiary alicyclic amines) is 1. The van der Waals surface area contributed by atoms with Gasteiger partial charge in [-0.3, -0.25) is 4.79 Å². The van der Waals surface area contributed by atoms with Gasteiger partial charge in [0, 0.05) is 32.7 Å². The van der Waals surface area contributed by atoms with E-state index in [1.807, 2.05) is 23.8 Å². The van der Waals surface area contributed by atoms with Crippen molar-refractivity contribution >= 4 is 28.2 Å². The molecule has 2 rings (SSSR count). The van der Waals surface area contributed by atoms with Crippen LogP contribution in [0.3, 0.4) is 0 Å². The molecule has 2 atom stereocenters. The molecular formula is C14H25N5OS. The van der Waals surface area contributed by atoms with Crippen LogP contribution >= 0.6 is 11.3 Å². The van der Waals surface area contributed by atoms with Gasteiger partial charge in [-0.15, -0.1) is 0 Å². The highest BCUT2D eigenvalue weighted by atomic mass is 32.1. The van der Waals surface area contributed by atoms with E-state index < -0.39 is 0 Å². The topological polar surface area (TPSA) is 65.7 Å². The van der Waals surface area contributed by atoms with Crippen LogP contribution < -0.4 is 10.6 Å². The predicted octanol–water partition coefficient (Wildman–Crippen LogP) is 1.20. The van der Waals surface area contributed by atoms with E-state index in [0.717, 1.165) is 24.8 Å². The fourth-order valence-corrected chi connectivity index (χ4v) is 3.68. The van der Waals surface area contributed by atoms with Gasteiger partial charge >= 0.3 is 0 Å². The molecule has 21 heavy (non-hydrogen) atoms. The van der Waals surface area contributed by atoms with Gasteiger partial charge in [-0.25, -0.2) is 4.98 Å². The van der Waals surface area contributed by atoms with Gasteiger partial charge in [-0.1, -0.05) is 18.3 Å². The molecule has 1 aliphatic heterocycles. The summed E-state index contributed by atoms with van der Waals surface area (Å²) in [4.78, 5) is 23.6. The van der Waals surface area contributed by atoms with E-state index in [9.17, 15) is 4.79 Å². The molecule has 7 heteroatoms. The van der Waals surface area contributed by atoms with Gasteiger partial charge in [0.1, 0.15) is 10.7 Å². The van der Waals surface area contributed by atoms with Crippen molar-refractivity contribution in [2.24, 2.45) is 5.92 Å². The van der Waals surface area contributed by atoms with Crippen molar-refractivity contribution in [3.05, 3.63) is 4.88 Å². The molecule has 1 fully saturated rings. The molecule has 1 aromatic rings. The SMILES string of the molecule is CCN(C)c1nc(N)c(C(=O)N2CC(C)C(N(C)C)C2)s1. The van der Waals surface area contributed by atoms with Gasteiger partial charge < -0.3 is 20.4 Å². The molecule has 0 aliphatic carbocycles. The molecule has 2 N–H and O–H groups in total. The van der Waals surface area contributed by atoms with Crippen molar-refractivity contribution in [3.8, 4) is 0 Å². The summed E-state index contributed by atoms with van der Waals surface area (Å²) in [5, 5.41) is 0.801. The Hall–Kier alpha value is -1.34. The van der Waals surface area contributed by atoms with E-state index in [0.29, 0.717) is 22.7 Å². The van der Waals surface area contributed by atoms with Crippen molar-refractivity contribution in [1.82, 2.24) is 14.8 Å². The Morgan fingerprint density at radius 2 is 2.10 bits per heavy atom. The van der Waals surface area contributed by atoms with Crippen LogP contribution in [0.15, 0.2) is 0 Å². The van der Waals surface area contributed by atoms with Gasteiger partial charge in [0.25, 0.3) is 5.91 Å². The summed E-state index contributed by atoms with van der Waals surface area (Å²) < 4.78 is 0. The van der Waals surface area contributed by atoms with E-state index >= 15 is 0 Å². The second-order valence-electron chi connectivity index (χ2n) is 5.94. The largest absolute Gasteiger partial charge is 0.382 e. The average molecular weight is 311 g/mol. The van der Waals surface area contributed by atoms with Crippen LogP contribution in [-0.4, -0.2) is 67.5 Å². The summed E-state index contributed by atoms with van der Waals surface area (Å²) >= 11 is 1.38. The van der Waals surface area contributed by atoms with Crippen LogP contribution in [-0.2, 0) is 0 Å². The lowest BCUT2D eigenvalue weighted by Gasteiger charge is -2.22. The molecule has 1 aliphatic rings. The average Bonchev–Trinajstić information content (AvgIpc) is 3.00. The van der Waals surface area contributed by atoms with Gasteiger partial charge in [0.2, 0.25) is 0 Å². The lowest BCUT2D eigenvalue weighted by Crippen LogP contribution is -2.35. The third-order valence-corrected chi connectivity index (χ3v) is 5.33. The van der Waals surface area contributed by atoms with Crippen LogP contribution in [0, 0.1) is 5.92 Å². The van der Waals surface area contributed by atoms with E-state index in [2.05, 4.69) is 30.9 Å². The Balaban J connectivity index is 2.16. The van der Waals surface area contributed by atoms with Crippen LogP contribution in [0.1, 0.15) is 23.5 Å². The zero-order valence-corrected chi connectivity index (χ0v) is 14.3. The molecule has 2 heterocycles. The summed E-state index contributed by atoms with van der Waals surface area (Å²) in [6.45, 7) is 6.60. The molecule has 0 saturated carbocycles.